The van der Waals surface area contributed by atoms with Crippen LogP contribution in [0.4, 0.5) is 0 Å². The van der Waals surface area contributed by atoms with Gasteiger partial charge in [-0.15, -0.1) is 0 Å². The Hall–Kier alpha value is -2.92. The number of hydrogen-bond donors (Lipinski definition) is 1. The number of hydrogen-bond acceptors (Lipinski definition) is 5. The van der Waals surface area contributed by atoms with Crippen LogP contribution in [0.25, 0.3) is 6.08 Å². The highest BCUT2D eigenvalue weighted by molar-refractivity contribution is 5.90. The van der Waals surface area contributed by atoms with Crippen LogP contribution in [0.15, 0.2) is 54.8 Å². The second kappa shape index (κ2) is 8.21. The third kappa shape index (κ3) is 4.25. The third-order valence-electron chi connectivity index (χ3n) is 5.39. The van der Waals surface area contributed by atoms with Gasteiger partial charge >= 0.3 is 11.9 Å². The molecule has 0 bridgehead atoms. The fourth-order valence-electron chi connectivity index (χ4n) is 3.64. The fraction of sp³-hybridized carbons (Fsp3) is 0.333. The van der Waals surface area contributed by atoms with Crippen molar-refractivity contribution in [2.24, 2.45) is 0 Å². The Morgan fingerprint density at radius 1 is 1.07 bits per heavy atom. The van der Waals surface area contributed by atoms with E-state index in [0.29, 0.717) is 29.5 Å². The first-order valence-corrected chi connectivity index (χ1v) is 9.75. The van der Waals surface area contributed by atoms with Crippen LogP contribution in [0.3, 0.4) is 0 Å². The average Bonchev–Trinajstić information content (AvgIpc) is 2.72. The molecular weight excluding hydrogens is 368 g/mol. The Labute approximate surface area is 171 Å². The van der Waals surface area contributed by atoms with E-state index in [-0.39, 0.29) is 12.0 Å². The summed E-state index contributed by atoms with van der Waals surface area (Å²) in [6.45, 7) is 6.10. The van der Waals surface area contributed by atoms with Crippen LogP contribution >= 0.6 is 0 Å². The number of aliphatic hydroxyl groups is 1. The molecule has 0 fully saturated rings. The van der Waals surface area contributed by atoms with Crippen molar-refractivity contribution in [1.29, 1.82) is 0 Å². The lowest BCUT2D eigenvalue weighted by Crippen LogP contribution is -2.44. The Morgan fingerprint density at radius 3 is 2.48 bits per heavy atom. The first kappa shape index (κ1) is 20.8. The van der Waals surface area contributed by atoms with Crippen LogP contribution in [0.2, 0.25) is 0 Å². The molecule has 5 heteroatoms. The maximum atomic E-state index is 12.5. The van der Waals surface area contributed by atoms with Gasteiger partial charge in [-0.3, -0.25) is 0 Å². The first-order valence-electron chi connectivity index (χ1n) is 9.75. The highest BCUT2D eigenvalue weighted by atomic mass is 16.5. The minimum atomic E-state index is -1.68. The minimum Gasteiger partial charge on any atom is -0.464 e. The molecule has 5 nitrogen and oxygen atoms in total. The molecule has 0 amide bonds. The van der Waals surface area contributed by atoms with Gasteiger partial charge in [0.15, 0.2) is 5.60 Å². The standard InChI is InChI=1S/C24H26O5/c1-4-28-22(26)24(27)14-13-23(2,3)19-11-10-17(16-20(19)24)12-15-29-21(25)18-8-6-5-7-9-18/h5-12,15-16,27H,4,13-14H2,1-3H3. The first-order chi connectivity index (χ1) is 13.8. The highest BCUT2D eigenvalue weighted by Crippen LogP contribution is 2.45. The predicted molar refractivity (Wildman–Crippen MR) is 110 cm³/mol. The van der Waals surface area contributed by atoms with Gasteiger partial charge in [-0.1, -0.05) is 44.2 Å². The largest absolute Gasteiger partial charge is 0.464 e. The van der Waals surface area contributed by atoms with E-state index < -0.39 is 17.5 Å². The van der Waals surface area contributed by atoms with Crippen molar-refractivity contribution in [2.75, 3.05) is 6.61 Å². The number of ether oxygens (including phenoxy) is 2. The molecule has 152 valence electrons. The van der Waals surface area contributed by atoms with Crippen LogP contribution in [0.1, 0.15) is 60.7 Å². The molecule has 2 aromatic rings. The van der Waals surface area contributed by atoms with Gasteiger partial charge in [-0.05, 0) is 66.1 Å². The molecule has 1 unspecified atom stereocenters. The Bertz CT molecular complexity index is 930. The van der Waals surface area contributed by atoms with E-state index in [1.807, 2.05) is 18.2 Å². The lowest BCUT2D eigenvalue weighted by atomic mass is 9.66. The monoisotopic (exact) mass is 394 g/mol. The molecular formula is C24H26O5. The fourth-order valence-corrected chi connectivity index (χ4v) is 3.64. The predicted octanol–water partition coefficient (Wildman–Crippen LogP) is 4.34. The van der Waals surface area contributed by atoms with Gasteiger partial charge < -0.3 is 14.6 Å². The van der Waals surface area contributed by atoms with Crippen molar-refractivity contribution >= 4 is 18.0 Å². The van der Waals surface area contributed by atoms with Crippen LogP contribution in [-0.2, 0) is 25.3 Å². The minimum absolute atomic E-state index is 0.171. The summed E-state index contributed by atoms with van der Waals surface area (Å²) in [7, 11) is 0. The number of fused-ring (bicyclic) bond motifs is 1. The molecule has 0 spiro atoms. The van der Waals surface area contributed by atoms with Crippen molar-refractivity contribution in [3.05, 3.63) is 77.0 Å². The SMILES string of the molecule is CCOC(=O)C1(O)CCC(C)(C)c2ccc(C=COC(=O)c3ccccc3)cc21. The lowest BCUT2D eigenvalue weighted by molar-refractivity contribution is -0.168. The molecule has 0 radical (unpaired) electrons. The molecule has 1 aliphatic carbocycles. The number of carbonyl (C=O) groups is 2. The highest BCUT2D eigenvalue weighted by Gasteiger charge is 2.47. The summed E-state index contributed by atoms with van der Waals surface area (Å²) in [5, 5.41) is 11.2. The molecule has 29 heavy (non-hydrogen) atoms. The molecule has 0 heterocycles. The van der Waals surface area contributed by atoms with Crippen molar-refractivity contribution in [1.82, 2.24) is 0 Å². The Morgan fingerprint density at radius 2 is 1.79 bits per heavy atom. The summed E-state index contributed by atoms with van der Waals surface area (Å²) >= 11 is 0. The second-order valence-corrected chi connectivity index (χ2v) is 7.84. The molecule has 0 saturated carbocycles. The van der Waals surface area contributed by atoms with Gasteiger partial charge in [0.05, 0.1) is 18.4 Å². The van der Waals surface area contributed by atoms with Crippen molar-refractivity contribution in [3.8, 4) is 0 Å². The van der Waals surface area contributed by atoms with Gasteiger partial charge in [-0.25, -0.2) is 9.59 Å². The number of esters is 2. The van der Waals surface area contributed by atoms with Crippen LogP contribution < -0.4 is 0 Å². The maximum Gasteiger partial charge on any atom is 0.342 e. The quantitative estimate of drug-likeness (QED) is 0.603. The van der Waals surface area contributed by atoms with Crippen molar-refractivity contribution in [2.45, 2.75) is 44.6 Å². The third-order valence-corrected chi connectivity index (χ3v) is 5.39. The van der Waals surface area contributed by atoms with E-state index in [2.05, 4.69) is 13.8 Å². The zero-order chi connectivity index (χ0) is 21.1. The molecule has 3 rings (SSSR count). The van der Waals surface area contributed by atoms with E-state index >= 15 is 0 Å². The van der Waals surface area contributed by atoms with Crippen LogP contribution in [0, 0.1) is 0 Å². The molecule has 1 atom stereocenters. The van der Waals surface area contributed by atoms with Gasteiger partial charge in [0.25, 0.3) is 0 Å². The van der Waals surface area contributed by atoms with Crippen molar-refractivity contribution < 1.29 is 24.2 Å². The van der Waals surface area contributed by atoms with Gasteiger partial charge in [0.1, 0.15) is 0 Å². The topological polar surface area (TPSA) is 72.8 Å². The Balaban J connectivity index is 1.87. The molecule has 2 aromatic carbocycles. The number of carbonyl (C=O) groups excluding carboxylic acids is 2. The van der Waals surface area contributed by atoms with Gasteiger partial charge in [-0.2, -0.15) is 0 Å². The number of rotatable bonds is 5. The summed E-state index contributed by atoms with van der Waals surface area (Å²) in [5.74, 6) is -1.09. The van der Waals surface area contributed by atoms with Crippen LogP contribution in [0.5, 0.6) is 0 Å². The van der Waals surface area contributed by atoms with E-state index in [1.54, 1.807) is 43.3 Å². The summed E-state index contributed by atoms with van der Waals surface area (Å²) in [5.41, 5.74) is 0.786. The molecule has 0 saturated heterocycles. The van der Waals surface area contributed by atoms with E-state index in [4.69, 9.17) is 9.47 Å². The summed E-state index contributed by atoms with van der Waals surface area (Å²) in [6, 6.07) is 14.3. The average molecular weight is 394 g/mol. The lowest BCUT2D eigenvalue weighted by Gasteiger charge is -2.40. The smallest absolute Gasteiger partial charge is 0.342 e. The van der Waals surface area contributed by atoms with Gasteiger partial charge in [0, 0.05) is 0 Å². The molecule has 0 aliphatic heterocycles. The zero-order valence-corrected chi connectivity index (χ0v) is 17.0. The van der Waals surface area contributed by atoms with Crippen LogP contribution in [-0.4, -0.2) is 23.7 Å². The zero-order valence-electron chi connectivity index (χ0n) is 17.0. The Kier molecular flexibility index (Phi) is 5.89. The summed E-state index contributed by atoms with van der Waals surface area (Å²) in [4.78, 5) is 24.5. The maximum absolute atomic E-state index is 12.5. The van der Waals surface area contributed by atoms with E-state index in [0.717, 1.165) is 5.56 Å². The van der Waals surface area contributed by atoms with Gasteiger partial charge in [0.2, 0.25) is 0 Å². The van der Waals surface area contributed by atoms with Crippen molar-refractivity contribution in [3.63, 3.8) is 0 Å². The number of benzene rings is 2. The normalized spacial score (nSPS) is 20.1. The molecule has 0 aromatic heterocycles. The van der Waals surface area contributed by atoms with E-state index in [1.165, 1.54) is 6.26 Å². The van der Waals surface area contributed by atoms with E-state index in [9.17, 15) is 14.7 Å². The second-order valence-electron chi connectivity index (χ2n) is 7.84. The molecule has 1 N–H and O–H groups in total. The molecule has 1 aliphatic rings. The summed E-state index contributed by atoms with van der Waals surface area (Å²) < 4.78 is 10.3. The summed E-state index contributed by atoms with van der Waals surface area (Å²) in [6.07, 6.45) is 3.91.